The molecule has 0 radical (unpaired) electrons. The molecule has 7 nitrogen and oxygen atoms in total. The molecule has 0 aromatic carbocycles. The molecule has 0 rings (SSSR count). The zero-order chi connectivity index (χ0) is 7.86. The number of guanidine groups is 1. The summed E-state index contributed by atoms with van der Waals surface area (Å²) in [7, 11) is 0. The van der Waals surface area contributed by atoms with Gasteiger partial charge >= 0.3 is 6.16 Å². The third kappa shape index (κ3) is 1030. The second-order valence-electron chi connectivity index (χ2n) is 0.837. The van der Waals surface area contributed by atoms with Crippen LogP contribution in [0.1, 0.15) is 0 Å². The van der Waals surface area contributed by atoms with Gasteiger partial charge in [0.05, 0.1) is 0 Å². The van der Waals surface area contributed by atoms with Crippen LogP contribution in [0.5, 0.6) is 0 Å². The molecule has 0 spiro atoms. The van der Waals surface area contributed by atoms with Crippen LogP contribution >= 0.6 is 0 Å². The average Bonchev–Trinajstić information content (AvgIpc) is 1.65. The molecular formula is C2H8N4O3. The van der Waals surface area contributed by atoms with Gasteiger partial charge in [-0.25, -0.2) is 4.79 Å². The molecule has 0 saturated carbocycles. The molecule has 0 aliphatic heterocycles. The van der Waals surface area contributed by atoms with Crippen molar-refractivity contribution in [2.75, 3.05) is 0 Å². The number of carboxylic acid groups (broad SMARTS) is 2. The van der Waals surface area contributed by atoms with Gasteiger partial charge in [0.15, 0.2) is 0 Å². The summed E-state index contributed by atoms with van der Waals surface area (Å²) in [5.41, 5.74) is 9.39. The molecule has 0 aliphatic rings. The maximum absolute atomic E-state index is 8.56. The van der Waals surface area contributed by atoms with Crippen LogP contribution in [0.15, 0.2) is 5.10 Å². The van der Waals surface area contributed by atoms with Crippen molar-refractivity contribution < 1.29 is 15.0 Å². The molecule has 0 aliphatic carbocycles. The van der Waals surface area contributed by atoms with Crippen LogP contribution in [0.2, 0.25) is 0 Å². The zero-order valence-electron chi connectivity index (χ0n) is 4.48. The Hall–Kier alpha value is -1.66. The Balaban J connectivity index is 0. The van der Waals surface area contributed by atoms with E-state index in [2.05, 4.69) is 10.9 Å². The summed E-state index contributed by atoms with van der Waals surface area (Å²) in [5, 5.41) is 16.8. The summed E-state index contributed by atoms with van der Waals surface area (Å²) in [6.45, 7) is 0. The molecule has 0 fully saturated rings. The van der Waals surface area contributed by atoms with Crippen LogP contribution in [0.4, 0.5) is 4.79 Å². The first kappa shape index (κ1) is 10.3. The Morgan fingerprint density at radius 1 is 1.33 bits per heavy atom. The highest BCUT2D eigenvalue weighted by Crippen LogP contribution is 1.42. The third-order valence-electron chi connectivity index (χ3n) is 0.149. The quantitative estimate of drug-likeness (QED) is 0.0888. The lowest BCUT2D eigenvalue weighted by molar-refractivity contribution is 0.137. The van der Waals surface area contributed by atoms with E-state index < -0.39 is 6.16 Å². The fourth-order valence-electron chi connectivity index (χ4n) is 0. The van der Waals surface area contributed by atoms with E-state index in [-0.39, 0.29) is 5.96 Å². The second-order valence-corrected chi connectivity index (χ2v) is 0.837. The molecule has 0 aromatic rings. The van der Waals surface area contributed by atoms with Crippen LogP contribution in [0.25, 0.3) is 0 Å². The average molecular weight is 137 g/mol. The number of hydrogen-bond acceptors (Lipinski definition) is 3. The first-order chi connectivity index (χ1) is 4.00. The van der Waals surface area contributed by atoms with Crippen LogP contribution in [0.3, 0.4) is 0 Å². The molecule has 0 atom stereocenters. The monoisotopic (exact) mass is 137 g/mol. The minimum atomic E-state index is -1.83. The van der Waals surface area contributed by atoms with E-state index in [1.165, 1.54) is 0 Å². The lowest BCUT2D eigenvalue weighted by Gasteiger charge is -1.76. The standard InChI is InChI=1S/CH6N4.CH2O3/c2-1(3)5-4;2-1(3)4/h4H2,(H4,2,3,5);(H2,2,3,4)/i1+1;. The van der Waals surface area contributed by atoms with Gasteiger partial charge in [-0.05, 0) is 0 Å². The molecule has 9 heavy (non-hydrogen) atoms. The van der Waals surface area contributed by atoms with Gasteiger partial charge < -0.3 is 27.5 Å². The van der Waals surface area contributed by atoms with Crippen molar-refractivity contribution in [3.8, 4) is 0 Å². The van der Waals surface area contributed by atoms with E-state index in [4.69, 9.17) is 26.5 Å². The van der Waals surface area contributed by atoms with Gasteiger partial charge in [-0.15, -0.1) is 5.10 Å². The molecule has 7 heteroatoms. The van der Waals surface area contributed by atoms with Crippen molar-refractivity contribution in [1.29, 1.82) is 0 Å². The molecule has 0 heterocycles. The molecule has 0 unspecified atom stereocenters. The Kier molecular flexibility index (Phi) is 7.29. The van der Waals surface area contributed by atoms with Gasteiger partial charge in [-0.1, -0.05) is 0 Å². The molecule has 0 amide bonds. The maximum Gasteiger partial charge on any atom is 0.503 e. The Morgan fingerprint density at radius 3 is 1.44 bits per heavy atom. The van der Waals surface area contributed by atoms with Crippen molar-refractivity contribution in [3.63, 3.8) is 0 Å². The Labute approximate surface area is 50.7 Å². The summed E-state index contributed by atoms with van der Waals surface area (Å²) in [6, 6.07) is 0. The minimum absolute atomic E-state index is 0.0926. The number of hydrazone groups is 1. The normalized spacial score (nSPS) is 6.22. The third-order valence-corrected chi connectivity index (χ3v) is 0.149. The summed E-state index contributed by atoms with van der Waals surface area (Å²) in [4.78, 5) is 8.56. The summed E-state index contributed by atoms with van der Waals surface area (Å²) < 4.78 is 0. The van der Waals surface area contributed by atoms with Crippen molar-refractivity contribution in [1.82, 2.24) is 0 Å². The van der Waals surface area contributed by atoms with E-state index in [9.17, 15) is 0 Å². The van der Waals surface area contributed by atoms with Crippen LogP contribution in [-0.2, 0) is 0 Å². The largest absolute Gasteiger partial charge is 0.503 e. The number of nitrogens with two attached hydrogens (primary N) is 3. The van der Waals surface area contributed by atoms with Gasteiger partial charge in [0.25, 0.3) is 0 Å². The van der Waals surface area contributed by atoms with Crippen LogP contribution in [-0.4, -0.2) is 22.3 Å². The predicted octanol–water partition coefficient (Wildman–Crippen LogP) is -1.64. The van der Waals surface area contributed by atoms with Gasteiger partial charge in [0.2, 0.25) is 5.96 Å². The number of carbonyl (C=O) groups is 1. The van der Waals surface area contributed by atoms with E-state index in [0.29, 0.717) is 0 Å². The summed E-state index contributed by atoms with van der Waals surface area (Å²) in [6.07, 6.45) is -1.83. The number of hydrogen-bond donors (Lipinski definition) is 5. The van der Waals surface area contributed by atoms with Crippen LogP contribution < -0.4 is 17.3 Å². The smallest absolute Gasteiger partial charge is 0.450 e. The van der Waals surface area contributed by atoms with Crippen LogP contribution in [0, 0.1) is 0 Å². The second kappa shape index (κ2) is 6.34. The lowest BCUT2D eigenvalue weighted by atomic mass is 11.5. The molecule has 0 bridgehead atoms. The van der Waals surface area contributed by atoms with E-state index in [1.54, 1.807) is 0 Å². The van der Waals surface area contributed by atoms with E-state index in [1.807, 2.05) is 0 Å². The Bertz CT molecular complexity index is 102. The van der Waals surface area contributed by atoms with Crippen molar-refractivity contribution in [2.24, 2.45) is 22.4 Å². The van der Waals surface area contributed by atoms with Gasteiger partial charge in [0.1, 0.15) is 0 Å². The SMILES string of the molecule is NN=[13C](N)N.O=C(O)O. The number of nitrogens with zero attached hydrogens (tertiary/aromatic N) is 1. The first-order valence-corrected chi connectivity index (χ1v) is 1.71. The fourth-order valence-corrected chi connectivity index (χ4v) is 0. The van der Waals surface area contributed by atoms with Crippen molar-refractivity contribution >= 4 is 12.1 Å². The van der Waals surface area contributed by atoms with Gasteiger partial charge in [0, 0.05) is 0 Å². The molecule has 0 aromatic heterocycles. The molecule has 8 N–H and O–H groups in total. The van der Waals surface area contributed by atoms with Gasteiger partial charge in [-0.2, -0.15) is 0 Å². The molecule has 0 saturated heterocycles. The molecular weight excluding hydrogens is 129 g/mol. The van der Waals surface area contributed by atoms with E-state index >= 15 is 0 Å². The van der Waals surface area contributed by atoms with Crippen molar-refractivity contribution in [2.45, 2.75) is 0 Å². The zero-order valence-corrected chi connectivity index (χ0v) is 4.48. The Morgan fingerprint density at radius 2 is 1.44 bits per heavy atom. The van der Waals surface area contributed by atoms with Gasteiger partial charge in [-0.3, -0.25) is 0 Å². The summed E-state index contributed by atoms with van der Waals surface area (Å²) in [5.74, 6) is 4.42. The molecule has 54 valence electrons. The van der Waals surface area contributed by atoms with Crippen molar-refractivity contribution in [3.05, 3.63) is 0 Å². The minimum Gasteiger partial charge on any atom is -0.450 e. The van der Waals surface area contributed by atoms with E-state index in [0.717, 1.165) is 0 Å². The first-order valence-electron chi connectivity index (χ1n) is 1.71. The fraction of sp³-hybridized carbons (Fsp3) is 0. The highest BCUT2D eigenvalue weighted by atomic mass is 16.6. The maximum atomic E-state index is 8.56. The number of rotatable bonds is 0. The highest BCUT2D eigenvalue weighted by Gasteiger charge is 1.70. The highest BCUT2D eigenvalue weighted by molar-refractivity contribution is 5.75. The summed E-state index contributed by atoms with van der Waals surface area (Å²) >= 11 is 0. The topological polar surface area (TPSA) is 148 Å². The predicted molar refractivity (Wildman–Crippen MR) is 30.7 cm³/mol. The lowest BCUT2D eigenvalue weighted by Crippen LogP contribution is -2.23.